The van der Waals surface area contributed by atoms with Gasteiger partial charge in [0.1, 0.15) is 25.6 Å². The fourth-order valence-corrected chi connectivity index (χ4v) is 6.91. The zero-order valence-electron chi connectivity index (χ0n) is 35.1. The van der Waals surface area contributed by atoms with Crippen LogP contribution >= 0.6 is 7.60 Å². The molecule has 0 spiro atoms. The summed E-state index contributed by atoms with van der Waals surface area (Å²) in [5.74, 6) is 5.81. The van der Waals surface area contributed by atoms with Gasteiger partial charge in [0.05, 0.1) is 64.6 Å². The third kappa shape index (κ3) is 27.2. The van der Waals surface area contributed by atoms with Gasteiger partial charge < -0.3 is 53.8 Å². The van der Waals surface area contributed by atoms with Crippen LogP contribution < -0.4 is 16.0 Å². The van der Waals surface area contributed by atoms with Crippen LogP contribution in [-0.4, -0.2) is 138 Å². The maximum atomic E-state index is 14.0. The molecule has 1 aliphatic rings. The first-order chi connectivity index (χ1) is 28.4. The molecular weight excluding hydrogens is 785 g/mol. The van der Waals surface area contributed by atoms with Gasteiger partial charge in [-0.15, -0.1) is 19.3 Å². The number of carbonyl (C=O) groups excluding carboxylic acids is 4. The molecule has 16 nitrogen and oxygen atoms in total. The molecule has 1 unspecified atom stereocenters. The Morgan fingerprint density at radius 2 is 1.10 bits per heavy atom. The van der Waals surface area contributed by atoms with Crippen molar-refractivity contribution in [2.24, 2.45) is 5.92 Å². The summed E-state index contributed by atoms with van der Waals surface area (Å²) in [6.45, 7) is 7.12. The number of Topliss-reactive ketones (excluding diaryl/α,β-unsaturated/α-hetero) is 1. The lowest BCUT2D eigenvalue weighted by molar-refractivity contribution is -0.131. The largest absolute Gasteiger partial charge is 0.379 e. The second-order valence-electron chi connectivity index (χ2n) is 14.5. The lowest BCUT2D eigenvalue weighted by Gasteiger charge is -2.38. The number of ether oxygens (including phenoxy) is 6. The second-order valence-corrected chi connectivity index (χ2v) is 16.8. The molecular formula is C42H68N3O13P. The van der Waals surface area contributed by atoms with Crippen molar-refractivity contribution in [3.63, 3.8) is 0 Å². The molecule has 59 heavy (non-hydrogen) atoms. The number of rotatable bonds is 36. The highest BCUT2D eigenvalue weighted by atomic mass is 31.2. The quantitative estimate of drug-likeness (QED) is 0.0407. The molecule has 3 amide bonds. The van der Waals surface area contributed by atoms with E-state index in [1.54, 1.807) is 13.8 Å². The normalized spacial score (nSPS) is 16.3. The van der Waals surface area contributed by atoms with Crippen LogP contribution in [0, 0.1) is 42.9 Å². The third-order valence-corrected chi connectivity index (χ3v) is 11.4. The molecule has 1 fully saturated rings. The van der Waals surface area contributed by atoms with E-state index in [-0.39, 0.29) is 115 Å². The summed E-state index contributed by atoms with van der Waals surface area (Å²) in [6, 6.07) is 0. The van der Waals surface area contributed by atoms with Crippen molar-refractivity contribution in [2.75, 3.05) is 92.4 Å². The Labute approximate surface area is 351 Å². The molecule has 0 bridgehead atoms. The van der Waals surface area contributed by atoms with Crippen LogP contribution in [0.4, 0.5) is 0 Å². The molecule has 1 aliphatic carbocycles. The summed E-state index contributed by atoms with van der Waals surface area (Å²) in [5.41, 5.74) is -1.64. The number of hydrogen-bond acceptors (Lipinski definition) is 12. The average Bonchev–Trinajstić information content (AvgIpc) is 3.21. The Hall–Kier alpha value is -3.33. The first-order valence-electron chi connectivity index (χ1n) is 20.5. The van der Waals surface area contributed by atoms with Gasteiger partial charge in [0.2, 0.25) is 17.7 Å². The highest BCUT2D eigenvalue weighted by Gasteiger charge is 2.38. The molecule has 334 valence electrons. The highest BCUT2D eigenvalue weighted by molar-refractivity contribution is 7.53. The van der Waals surface area contributed by atoms with Gasteiger partial charge in [0.15, 0.2) is 0 Å². The SMILES string of the molecule is C#CCOCCOCCCC(=O)CCC(CCC(=O)NCCOCCOCC#C)(CCC(=O)NCCOCCOCC#C)NC(=O)C1CCC(OP(=O)(O)C(C)C)CC1. The fraction of sp³-hybridized carbons (Fsp3) is 0.762. The minimum Gasteiger partial charge on any atom is -0.379 e. The van der Waals surface area contributed by atoms with E-state index < -0.39 is 30.8 Å². The Balaban J connectivity index is 3.05. The molecule has 1 atom stereocenters. The van der Waals surface area contributed by atoms with Gasteiger partial charge in [-0.3, -0.25) is 23.7 Å². The summed E-state index contributed by atoms with van der Waals surface area (Å²) < 4.78 is 50.1. The van der Waals surface area contributed by atoms with Crippen LogP contribution in [0.3, 0.4) is 0 Å². The van der Waals surface area contributed by atoms with Crippen LogP contribution in [0.25, 0.3) is 0 Å². The minimum absolute atomic E-state index is 0.00805. The van der Waals surface area contributed by atoms with Gasteiger partial charge in [-0.25, -0.2) is 0 Å². The van der Waals surface area contributed by atoms with Gasteiger partial charge >= 0.3 is 7.60 Å². The molecule has 0 aromatic heterocycles. The van der Waals surface area contributed by atoms with Gasteiger partial charge in [-0.05, 0) is 51.4 Å². The number of nitrogens with one attached hydrogen (secondary N) is 3. The summed E-state index contributed by atoms with van der Waals surface area (Å²) >= 11 is 0. The van der Waals surface area contributed by atoms with Crippen molar-refractivity contribution >= 4 is 31.1 Å². The standard InChI is InChI=1S/C42H68N3O13P/c1-6-23-52-29-32-55-26-9-10-37(46)15-18-42(19-16-39(47)43-21-27-56-33-30-53-24-7-2,20-17-40(48)44-22-28-57-34-31-54-25-8-3)45-41(49)36-11-13-38(14-12-36)58-59(50,51)35(4)5/h1-3,35-36,38H,9-34H2,4-5H3,(H,43,47)(H,44,48)(H,45,49)(H,50,51). The predicted molar refractivity (Wildman–Crippen MR) is 222 cm³/mol. The van der Waals surface area contributed by atoms with Gasteiger partial charge in [0, 0.05) is 56.8 Å². The Morgan fingerprint density at radius 1 is 0.661 bits per heavy atom. The lowest BCUT2D eigenvalue weighted by atomic mass is 9.80. The van der Waals surface area contributed by atoms with E-state index in [4.69, 9.17) is 52.2 Å². The van der Waals surface area contributed by atoms with Crippen molar-refractivity contribution in [2.45, 2.75) is 108 Å². The number of terminal acetylenes is 3. The molecule has 0 radical (unpaired) electrons. The number of ketones is 1. The zero-order chi connectivity index (χ0) is 43.6. The summed E-state index contributed by atoms with van der Waals surface area (Å²) in [5, 5.41) is 8.85. The predicted octanol–water partition coefficient (Wildman–Crippen LogP) is 2.93. The average molecular weight is 854 g/mol. The number of carbonyl (C=O) groups is 4. The molecule has 1 saturated carbocycles. The van der Waals surface area contributed by atoms with Crippen molar-refractivity contribution < 1.29 is 61.6 Å². The maximum Gasteiger partial charge on any atom is 0.330 e. The fourth-order valence-electron chi connectivity index (χ4n) is 6.03. The third-order valence-electron chi connectivity index (χ3n) is 9.48. The molecule has 4 N–H and O–H groups in total. The topological polar surface area (TPSA) is 206 Å². The van der Waals surface area contributed by atoms with Crippen molar-refractivity contribution in [1.29, 1.82) is 0 Å². The van der Waals surface area contributed by atoms with E-state index in [0.717, 1.165) is 0 Å². The smallest absolute Gasteiger partial charge is 0.330 e. The van der Waals surface area contributed by atoms with Crippen LogP contribution in [0.2, 0.25) is 0 Å². The molecule has 17 heteroatoms. The Kier molecular flexibility index (Phi) is 30.4. The Bertz CT molecular complexity index is 1270. The van der Waals surface area contributed by atoms with E-state index in [1.165, 1.54) is 0 Å². The summed E-state index contributed by atoms with van der Waals surface area (Å²) in [6.07, 6.45) is 18.1. The number of amides is 3. The molecule has 1 rings (SSSR count). The monoisotopic (exact) mass is 853 g/mol. The number of hydrogen-bond donors (Lipinski definition) is 4. The van der Waals surface area contributed by atoms with Crippen molar-refractivity contribution in [1.82, 2.24) is 16.0 Å². The highest BCUT2D eigenvalue weighted by Crippen LogP contribution is 2.50. The molecule has 0 aromatic rings. The van der Waals surface area contributed by atoms with Gasteiger partial charge in [0.25, 0.3) is 0 Å². The van der Waals surface area contributed by atoms with E-state index in [9.17, 15) is 28.6 Å². The van der Waals surface area contributed by atoms with E-state index in [1.807, 2.05) is 0 Å². The molecule has 0 aromatic carbocycles. The van der Waals surface area contributed by atoms with Crippen LogP contribution in [0.1, 0.15) is 90.9 Å². The molecule has 0 saturated heterocycles. The van der Waals surface area contributed by atoms with E-state index in [0.29, 0.717) is 78.4 Å². The first-order valence-corrected chi connectivity index (χ1v) is 22.2. The molecule has 0 heterocycles. The van der Waals surface area contributed by atoms with Crippen LogP contribution in [-0.2, 0) is 56.7 Å². The van der Waals surface area contributed by atoms with Gasteiger partial charge in [-0.2, -0.15) is 0 Å². The van der Waals surface area contributed by atoms with E-state index >= 15 is 0 Å². The van der Waals surface area contributed by atoms with Crippen LogP contribution in [0.15, 0.2) is 0 Å². The van der Waals surface area contributed by atoms with Crippen molar-refractivity contribution in [3.05, 3.63) is 0 Å². The molecule has 0 aliphatic heterocycles. The van der Waals surface area contributed by atoms with Gasteiger partial charge in [-0.1, -0.05) is 31.6 Å². The zero-order valence-corrected chi connectivity index (χ0v) is 36.0. The van der Waals surface area contributed by atoms with Crippen molar-refractivity contribution in [3.8, 4) is 37.0 Å². The maximum absolute atomic E-state index is 14.0. The first kappa shape index (κ1) is 53.7. The Morgan fingerprint density at radius 3 is 1.56 bits per heavy atom. The second kappa shape index (κ2) is 33.4. The minimum atomic E-state index is -3.79. The van der Waals surface area contributed by atoms with E-state index in [2.05, 4.69) is 33.7 Å². The summed E-state index contributed by atoms with van der Waals surface area (Å²) in [4.78, 5) is 63.7. The van der Waals surface area contributed by atoms with Crippen LogP contribution in [0.5, 0.6) is 0 Å². The summed E-state index contributed by atoms with van der Waals surface area (Å²) in [7, 11) is -3.79. The lowest BCUT2D eigenvalue weighted by Crippen LogP contribution is -2.52.